The van der Waals surface area contributed by atoms with Gasteiger partial charge in [0.25, 0.3) is 0 Å². The fourth-order valence-electron chi connectivity index (χ4n) is 2.24. The Balaban J connectivity index is 1.73. The van der Waals surface area contributed by atoms with Crippen molar-refractivity contribution in [2.24, 2.45) is 0 Å². The lowest BCUT2D eigenvalue weighted by Gasteiger charge is -2.30. The monoisotopic (exact) mass is 350 g/mol. The van der Waals surface area contributed by atoms with Crippen molar-refractivity contribution in [1.29, 1.82) is 0 Å². The lowest BCUT2D eigenvalue weighted by molar-refractivity contribution is -0.124. The Labute approximate surface area is 139 Å². The highest BCUT2D eigenvalue weighted by Gasteiger charge is 2.41. The third-order valence-corrected chi connectivity index (χ3v) is 6.77. The summed E-state index contributed by atoms with van der Waals surface area (Å²) in [6.07, 6.45) is 2.69. The van der Waals surface area contributed by atoms with Gasteiger partial charge >= 0.3 is 8.80 Å². The highest BCUT2D eigenvalue weighted by atomic mass is 28.4. The van der Waals surface area contributed by atoms with Gasteiger partial charge in [0.05, 0.1) is 26.4 Å². The zero-order valence-electron chi connectivity index (χ0n) is 14.5. The molecule has 0 amide bonds. The van der Waals surface area contributed by atoms with E-state index in [0.29, 0.717) is 25.9 Å². The average Bonchev–Trinajstić information content (AvgIpc) is 3.46. The zero-order chi connectivity index (χ0) is 16.5. The van der Waals surface area contributed by atoms with Crippen molar-refractivity contribution in [2.75, 3.05) is 47.3 Å². The van der Waals surface area contributed by atoms with Crippen LogP contribution < -0.4 is 0 Å². The largest absolute Gasteiger partial charge is 0.502 e. The number of hydrogen-bond acceptors (Lipinski definition) is 7. The van der Waals surface area contributed by atoms with Crippen molar-refractivity contribution >= 4 is 8.80 Å². The summed E-state index contributed by atoms with van der Waals surface area (Å²) in [5, 5.41) is 0. The molecular weight excluding hydrogens is 320 g/mol. The predicted molar refractivity (Wildman–Crippen MR) is 85.2 cm³/mol. The molecule has 3 unspecified atom stereocenters. The lowest BCUT2D eigenvalue weighted by atomic mass is 10.3. The van der Waals surface area contributed by atoms with Gasteiger partial charge in [0.2, 0.25) is 0 Å². The molecule has 0 spiro atoms. The second-order valence-electron chi connectivity index (χ2n) is 5.85. The molecule has 2 rings (SSSR count). The van der Waals surface area contributed by atoms with Gasteiger partial charge in [-0.3, -0.25) is 0 Å². The van der Waals surface area contributed by atoms with Gasteiger partial charge < -0.3 is 32.2 Å². The highest BCUT2D eigenvalue weighted by molar-refractivity contribution is 6.60. The first-order valence-electron chi connectivity index (χ1n) is 8.42. The minimum absolute atomic E-state index is 0.205. The Hall–Kier alpha value is -0.0631. The maximum Gasteiger partial charge on any atom is 0.502 e. The minimum atomic E-state index is -2.66. The fourth-order valence-corrected chi connectivity index (χ4v) is 4.32. The van der Waals surface area contributed by atoms with Crippen molar-refractivity contribution in [1.82, 2.24) is 0 Å². The molecule has 0 N–H and O–H groups in total. The Morgan fingerprint density at radius 2 is 1.74 bits per heavy atom. The van der Waals surface area contributed by atoms with Gasteiger partial charge in [0.15, 0.2) is 6.29 Å². The van der Waals surface area contributed by atoms with Gasteiger partial charge in [0.1, 0.15) is 12.2 Å². The fraction of sp³-hybridized carbons (Fsp3) is 1.00. The van der Waals surface area contributed by atoms with E-state index in [1.807, 2.05) is 0 Å². The number of hydrogen-bond donors (Lipinski definition) is 0. The first-order chi connectivity index (χ1) is 11.2. The first-order valence-corrected chi connectivity index (χ1v) is 10.3. The Kier molecular flexibility index (Phi) is 8.42. The van der Waals surface area contributed by atoms with Crippen LogP contribution in [0.15, 0.2) is 0 Å². The van der Waals surface area contributed by atoms with E-state index in [1.165, 1.54) is 0 Å². The van der Waals surface area contributed by atoms with Gasteiger partial charge in [-0.05, 0) is 12.8 Å². The highest BCUT2D eigenvalue weighted by Crippen LogP contribution is 2.22. The van der Waals surface area contributed by atoms with Crippen molar-refractivity contribution in [3.63, 3.8) is 0 Å². The third-order valence-electron chi connectivity index (χ3n) is 3.79. The molecule has 2 heterocycles. The molecule has 0 saturated carbocycles. The van der Waals surface area contributed by atoms with Crippen LogP contribution in [0.2, 0.25) is 6.04 Å². The Morgan fingerprint density at radius 1 is 1.09 bits per heavy atom. The van der Waals surface area contributed by atoms with Crippen LogP contribution in [0.4, 0.5) is 0 Å². The molecule has 0 aromatic carbocycles. The van der Waals surface area contributed by atoms with Crippen molar-refractivity contribution < 1.29 is 32.2 Å². The maximum absolute atomic E-state index is 6.13. The van der Waals surface area contributed by atoms with Crippen LogP contribution >= 0.6 is 0 Å². The molecule has 2 aliphatic rings. The van der Waals surface area contributed by atoms with Gasteiger partial charge in [-0.15, -0.1) is 0 Å². The molecule has 0 aromatic heterocycles. The lowest BCUT2D eigenvalue weighted by Crippen LogP contribution is -2.47. The van der Waals surface area contributed by atoms with E-state index in [9.17, 15) is 0 Å². The summed E-state index contributed by atoms with van der Waals surface area (Å²) in [5.41, 5.74) is 0. The van der Waals surface area contributed by atoms with Crippen molar-refractivity contribution in [2.45, 2.75) is 50.7 Å². The van der Waals surface area contributed by atoms with Gasteiger partial charge in [-0.2, -0.15) is 0 Å². The van der Waals surface area contributed by atoms with Crippen LogP contribution in [-0.2, 0) is 32.2 Å². The van der Waals surface area contributed by atoms with Crippen molar-refractivity contribution in [3.05, 3.63) is 0 Å². The van der Waals surface area contributed by atoms with Gasteiger partial charge in [-0.25, -0.2) is 0 Å². The Bertz CT molecular complexity index is 319. The smallest absolute Gasteiger partial charge is 0.379 e. The minimum Gasteiger partial charge on any atom is -0.379 e. The zero-order valence-corrected chi connectivity index (χ0v) is 15.5. The molecule has 2 saturated heterocycles. The van der Waals surface area contributed by atoms with Crippen LogP contribution in [0.5, 0.6) is 0 Å². The summed E-state index contributed by atoms with van der Waals surface area (Å²) in [4.78, 5) is 0. The molecule has 23 heavy (non-hydrogen) atoms. The van der Waals surface area contributed by atoms with E-state index < -0.39 is 8.80 Å². The molecule has 0 bridgehead atoms. The average molecular weight is 350 g/mol. The standard InChI is InChI=1S/C15H30O7Si/c1-4-8-23(16-2,17-3)22-15(21-12-14-11-20-14)6-5-7-18-9-13-10-19-13/h13-15H,4-12H2,1-3H3. The number of ether oxygens (including phenoxy) is 4. The van der Waals surface area contributed by atoms with Crippen LogP contribution in [0.1, 0.15) is 26.2 Å². The maximum atomic E-state index is 6.13. The molecule has 0 aromatic rings. The van der Waals surface area contributed by atoms with Crippen LogP contribution in [0, 0.1) is 0 Å². The summed E-state index contributed by atoms with van der Waals surface area (Å²) in [5.74, 6) is 0. The molecule has 7 nitrogen and oxygen atoms in total. The summed E-state index contributed by atoms with van der Waals surface area (Å²) >= 11 is 0. The van der Waals surface area contributed by atoms with Gasteiger partial charge in [-0.1, -0.05) is 13.3 Å². The van der Waals surface area contributed by atoms with E-state index >= 15 is 0 Å². The van der Waals surface area contributed by atoms with Crippen LogP contribution in [0.25, 0.3) is 0 Å². The molecule has 0 aliphatic carbocycles. The van der Waals surface area contributed by atoms with Crippen LogP contribution in [0.3, 0.4) is 0 Å². The normalized spacial score (nSPS) is 24.7. The molecular formula is C15H30O7Si. The summed E-state index contributed by atoms with van der Waals surface area (Å²) in [7, 11) is 0.627. The summed E-state index contributed by atoms with van der Waals surface area (Å²) < 4.78 is 39.0. The number of rotatable bonds is 15. The van der Waals surface area contributed by atoms with E-state index in [0.717, 1.165) is 38.5 Å². The van der Waals surface area contributed by atoms with E-state index in [2.05, 4.69) is 6.92 Å². The SMILES string of the molecule is CCC[Si](OC)(OC)OC(CCCOCC1CO1)OCC1CO1. The molecule has 2 fully saturated rings. The Morgan fingerprint density at radius 3 is 2.30 bits per heavy atom. The summed E-state index contributed by atoms with van der Waals surface area (Å²) in [6, 6.07) is 0.773. The van der Waals surface area contributed by atoms with Crippen LogP contribution in [-0.4, -0.2) is 74.6 Å². The first kappa shape index (κ1) is 19.3. The van der Waals surface area contributed by atoms with E-state index in [1.54, 1.807) is 14.2 Å². The predicted octanol–water partition coefficient (Wildman–Crippen LogP) is 1.58. The third kappa shape index (κ3) is 7.57. The molecule has 8 heteroatoms. The molecule has 3 atom stereocenters. The second kappa shape index (κ2) is 10.0. The summed E-state index contributed by atoms with van der Waals surface area (Å²) in [6.45, 7) is 5.57. The second-order valence-corrected chi connectivity index (χ2v) is 8.77. The van der Waals surface area contributed by atoms with Gasteiger partial charge in [0, 0.05) is 26.9 Å². The molecule has 2 aliphatic heterocycles. The van der Waals surface area contributed by atoms with Crippen molar-refractivity contribution in [3.8, 4) is 0 Å². The number of epoxide rings is 2. The topological polar surface area (TPSA) is 71.2 Å². The van der Waals surface area contributed by atoms with E-state index in [4.69, 9.17) is 32.2 Å². The molecule has 136 valence electrons. The quantitative estimate of drug-likeness (QED) is 0.192. The van der Waals surface area contributed by atoms with E-state index in [-0.39, 0.29) is 12.4 Å². The molecule has 0 radical (unpaired) electrons.